The Kier molecular flexibility index (Phi) is 3.79. The highest BCUT2D eigenvalue weighted by Crippen LogP contribution is 2.18. The summed E-state index contributed by atoms with van der Waals surface area (Å²) in [5.74, 6) is -0.277. The first-order valence-electron chi connectivity index (χ1n) is 5.03. The predicted octanol–water partition coefficient (Wildman–Crippen LogP) is 3.53. The van der Waals surface area contributed by atoms with E-state index in [0.29, 0.717) is 16.7 Å². The fourth-order valence-electron chi connectivity index (χ4n) is 1.46. The summed E-state index contributed by atoms with van der Waals surface area (Å²) in [5.41, 5.74) is 1.53. The van der Waals surface area contributed by atoms with Gasteiger partial charge in [0.05, 0.1) is 18.1 Å². The highest BCUT2D eigenvalue weighted by atomic mass is 79.9. The normalized spacial score (nSPS) is 12.7. The Morgan fingerprint density at radius 3 is 2.82 bits per heavy atom. The number of aromatic nitrogens is 3. The monoisotopic (exact) mass is 317 g/mol. The minimum Gasteiger partial charge on any atom is -0.248 e. The molecule has 2 rings (SSSR count). The molecule has 90 valence electrons. The number of hydrogen-bond donors (Lipinski definition) is 0. The Balaban J connectivity index is 2.19. The van der Waals surface area contributed by atoms with Gasteiger partial charge in [-0.3, -0.25) is 0 Å². The minimum atomic E-state index is -0.277. The molecule has 0 saturated carbocycles. The zero-order valence-corrected chi connectivity index (χ0v) is 11.4. The molecule has 0 aliphatic rings. The van der Waals surface area contributed by atoms with Crippen LogP contribution < -0.4 is 0 Å². The Labute approximate surface area is 112 Å². The Morgan fingerprint density at radius 1 is 1.47 bits per heavy atom. The maximum atomic E-state index is 13.2. The molecule has 0 bridgehead atoms. The van der Waals surface area contributed by atoms with Crippen molar-refractivity contribution in [3.63, 3.8) is 0 Å². The summed E-state index contributed by atoms with van der Waals surface area (Å²) >= 11 is 9.13. The van der Waals surface area contributed by atoms with Crippen LogP contribution in [0.2, 0.25) is 0 Å². The quantitative estimate of drug-likeness (QED) is 0.811. The summed E-state index contributed by atoms with van der Waals surface area (Å²) in [7, 11) is 0. The Morgan fingerprint density at radius 2 is 2.24 bits per heavy atom. The average molecular weight is 319 g/mol. The number of alkyl halides is 1. The van der Waals surface area contributed by atoms with Crippen molar-refractivity contribution >= 4 is 27.5 Å². The molecule has 0 aliphatic carbocycles. The van der Waals surface area contributed by atoms with Gasteiger partial charge < -0.3 is 0 Å². The zero-order valence-electron chi connectivity index (χ0n) is 9.07. The molecule has 1 unspecified atom stereocenters. The van der Waals surface area contributed by atoms with Gasteiger partial charge in [-0.2, -0.15) is 0 Å². The molecule has 2 aromatic rings. The molecule has 0 spiro atoms. The van der Waals surface area contributed by atoms with Gasteiger partial charge in [0.15, 0.2) is 0 Å². The summed E-state index contributed by atoms with van der Waals surface area (Å²) < 4.78 is 15.5. The largest absolute Gasteiger partial charge is 0.248 e. The molecule has 0 aliphatic heterocycles. The van der Waals surface area contributed by atoms with Crippen LogP contribution in [0.5, 0.6) is 0 Å². The van der Waals surface area contributed by atoms with Gasteiger partial charge in [0, 0.05) is 4.47 Å². The van der Waals surface area contributed by atoms with Crippen LogP contribution in [-0.4, -0.2) is 15.0 Å². The summed E-state index contributed by atoms with van der Waals surface area (Å²) in [6.07, 6.45) is 1.76. The first kappa shape index (κ1) is 12.5. The molecule has 3 nitrogen and oxygen atoms in total. The number of rotatable bonds is 3. The molecule has 0 radical (unpaired) electrons. The van der Waals surface area contributed by atoms with E-state index in [-0.39, 0.29) is 11.2 Å². The lowest BCUT2D eigenvalue weighted by molar-refractivity contribution is 0.613. The first-order valence-corrected chi connectivity index (χ1v) is 6.26. The molecule has 0 fully saturated rings. The lowest BCUT2D eigenvalue weighted by Gasteiger charge is -2.02. The SMILES string of the molecule is CC(Cl)c1cn(Cc2cc(F)cc(Br)c2)nn1. The highest BCUT2D eigenvalue weighted by Gasteiger charge is 2.07. The van der Waals surface area contributed by atoms with E-state index in [1.807, 2.05) is 13.0 Å². The summed E-state index contributed by atoms with van der Waals surface area (Å²) in [4.78, 5) is 0. The average Bonchev–Trinajstić information content (AvgIpc) is 2.64. The third-order valence-corrected chi connectivity index (χ3v) is 2.91. The maximum Gasteiger partial charge on any atom is 0.124 e. The van der Waals surface area contributed by atoms with E-state index in [9.17, 15) is 4.39 Å². The fourth-order valence-corrected chi connectivity index (χ4v) is 2.07. The molecular weight excluding hydrogens is 308 g/mol. The van der Waals surface area contributed by atoms with Gasteiger partial charge in [-0.05, 0) is 30.7 Å². The second-order valence-corrected chi connectivity index (χ2v) is 5.31. The van der Waals surface area contributed by atoms with E-state index in [2.05, 4.69) is 26.2 Å². The third-order valence-electron chi connectivity index (χ3n) is 2.23. The number of nitrogens with zero attached hydrogens (tertiary/aromatic N) is 3. The van der Waals surface area contributed by atoms with Gasteiger partial charge in [-0.1, -0.05) is 21.1 Å². The van der Waals surface area contributed by atoms with Crippen LogP contribution >= 0.6 is 27.5 Å². The van der Waals surface area contributed by atoms with Crippen LogP contribution in [0.4, 0.5) is 4.39 Å². The summed E-state index contributed by atoms with van der Waals surface area (Å²) in [5, 5.41) is 7.69. The van der Waals surface area contributed by atoms with Gasteiger partial charge in [0.2, 0.25) is 0 Å². The molecule has 1 aromatic carbocycles. The molecule has 0 amide bonds. The third kappa shape index (κ3) is 3.26. The van der Waals surface area contributed by atoms with E-state index >= 15 is 0 Å². The van der Waals surface area contributed by atoms with Crippen molar-refractivity contribution in [3.05, 3.63) is 45.9 Å². The van der Waals surface area contributed by atoms with E-state index in [1.165, 1.54) is 12.1 Å². The molecule has 6 heteroatoms. The van der Waals surface area contributed by atoms with Crippen molar-refractivity contribution in [1.82, 2.24) is 15.0 Å². The standard InChI is InChI=1S/C11H10BrClFN3/c1-7(13)11-6-17(16-15-11)5-8-2-9(12)4-10(14)3-8/h2-4,6-7H,5H2,1H3. The topological polar surface area (TPSA) is 30.7 Å². The van der Waals surface area contributed by atoms with Crippen molar-refractivity contribution in [2.45, 2.75) is 18.8 Å². The first-order chi connectivity index (χ1) is 8.04. The Hall–Kier alpha value is -0.940. The minimum absolute atomic E-state index is 0.178. The zero-order chi connectivity index (χ0) is 12.4. The van der Waals surface area contributed by atoms with Crippen LogP contribution in [0, 0.1) is 5.82 Å². The predicted molar refractivity (Wildman–Crippen MR) is 67.5 cm³/mol. The molecule has 0 N–H and O–H groups in total. The van der Waals surface area contributed by atoms with Crippen LogP contribution in [0.15, 0.2) is 28.9 Å². The molecule has 17 heavy (non-hydrogen) atoms. The van der Waals surface area contributed by atoms with Crippen molar-refractivity contribution in [1.29, 1.82) is 0 Å². The summed E-state index contributed by atoms with van der Waals surface area (Å²) in [6.45, 7) is 2.29. The van der Waals surface area contributed by atoms with E-state index in [1.54, 1.807) is 10.9 Å². The van der Waals surface area contributed by atoms with Crippen LogP contribution in [0.1, 0.15) is 23.6 Å². The molecule has 1 aromatic heterocycles. The summed E-state index contributed by atoms with van der Waals surface area (Å²) in [6, 6.07) is 4.72. The van der Waals surface area contributed by atoms with E-state index in [4.69, 9.17) is 11.6 Å². The number of halogens is 3. The smallest absolute Gasteiger partial charge is 0.124 e. The lowest BCUT2D eigenvalue weighted by atomic mass is 10.2. The van der Waals surface area contributed by atoms with E-state index in [0.717, 1.165) is 5.56 Å². The van der Waals surface area contributed by atoms with Crippen molar-refractivity contribution in [3.8, 4) is 0 Å². The molecule has 1 atom stereocenters. The second kappa shape index (κ2) is 5.14. The fraction of sp³-hybridized carbons (Fsp3) is 0.273. The molecule has 0 saturated heterocycles. The van der Waals surface area contributed by atoms with Crippen molar-refractivity contribution < 1.29 is 4.39 Å². The second-order valence-electron chi connectivity index (χ2n) is 3.73. The number of benzene rings is 1. The highest BCUT2D eigenvalue weighted by molar-refractivity contribution is 9.10. The van der Waals surface area contributed by atoms with Crippen LogP contribution in [-0.2, 0) is 6.54 Å². The number of hydrogen-bond acceptors (Lipinski definition) is 2. The van der Waals surface area contributed by atoms with Gasteiger partial charge in [-0.15, -0.1) is 16.7 Å². The van der Waals surface area contributed by atoms with Gasteiger partial charge in [-0.25, -0.2) is 9.07 Å². The van der Waals surface area contributed by atoms with Gasteiger partial charge in [0.25, 0.3) is 0 Å². The lowest BCUT2D eigenvalue weighted by Crippen LogP contribution is -2.01. The van der Waals surface area contributed by atoms with Crippen molar-refractivity contribution in [2.75, 3.05) is 0 Å². The molecule has 1 heterocycles. The maximum absolute atomic E-state index is 13.2. The van der Waals surface area contributed by atoms with E-state index < -0.39 is 0 Å². The van der Waals surface area contributed by atoms with Crippen LogP contribution in [0.25, 0.3) is 0 Å². The Bertz CT molecular complexity index is 507. The van der Waals surface area contributed by atoms with Gasteiger partial charge in [0.1, 0.15) is 11.5 Å². The van der Waals surface area contributed by atoms with Crippen molar-refractivity contribution in [2.24, 2.45) is 0 Å². The van der Waals surface area contributed by atoms with Crippen LogP contribution in [0.3, 0.4) is 0 Å². The van der Waals surface area contributed by atoms with Gasteiger partial charge >= 0.3 is 0 Å². The molecular formula is C11H10BrClFN3.